The number of anilines is 1. The van der Waals surface area contributed by atoms with E-state index in [0.717, 1.165) is 11.1 Å². The maximum atomic E-state index is 13.1. The van der Waals surface area contributed by atoms with Crippen molar-refractivity contribution in [1.29, 1.82) is 0 Å². The van der Waals surface area contributed by atoms with Crippen molar-refractivity contribution in [3.8, 4) is 0 Å². The van der Waals surface area contributed by atoms with Crippen molar-refractivity contribution >= 4 is 11.7 Å². The molecule has 0 atom stereocenters. The van der Waals surface area contributed by atoms with Crippen LogP contribution in [0.15, 0.2) is 72.9 Å². The highest BCUT2D eigenvalue weighted by atomic mass is 16.2. The summed E-state index contributed by atoms with van der Waals surface area (Å²) < 4.78 is 0. The van der Waals surface area contributed by atoms with Crippen molar-refractivity contribution in [3.05, 3.63) is 95.2 Å². The molecular formula is C21H20N2O. The zero-order valence-electron chi connectivity index (χ0n) is 13.9. The van der Waals surface area contributed by atoms with Crippen LogP contribution in [0, 0.1) is 13.8 Å². The van der Waals surface area contributed by atoms with Crippen LogP contribution in [0.25, 0.3) is 0 Å². The smallest absolute Gasteiger partial charge is 0.259 e. The minimum atomic E-state index is -0.0411. The van der Waals surface area contributed by atoms with Crippen molar-refractivity contribution < 1.29 is 4.79 Å². The molecule has 0 aliphatic carbocycles. The summed E-state index contributed by atoms with van der Waals surface area (Å²) >= 11 is 0. The van der Waals surface area contributed by atoms with Crippen LogP contribution in [-0.4, -0.2) is 10.9 Å². The molecule has 3 nitrogen and oxygen atoms in total. The minimum absolute atomic E-state index is 0.0411. The predicted octanol–water partition coefficient (Wildman–Crippen LogP) is 4.55. The Balaban J connectivity index is 1.97. The lowest BCUT2D eigenvalue weighted by atomic mass is 10.1. The Morgan fingerprint density at radius 2 is 1.67 bits per heavy atom. The molecule has 24 heavy (non-hydrogen) atoms. The molecule has 0 saturated heterocycles. The first-order valence-electron chi connectivity index (χ1n) is 7.99. The van der Waals surface area contributed by atoms with Crippen LogP contribution in [0.1, 0.15) is 27.0 Å². The molecule has 2 aromatic carbocycles. The maximum Gasteiger partial charge on any atom is 0.259 e. The number of aryl methyl sites for hydroxylation is 2. The van der Waals surface area contributed by atoms with Gasteiger partial charge in [-0.05, 0) is 54.8 Å². The Kier molecular flexibility index (Phi) is 4.71. The average Bonchev–Trinajstić information content (AvgIpc) is 2.63. The number of carbonyl (C=O) groups is 1. The molecule has 1 aromatic heterocycles. The highest BCUT2D eigenvalue weighted by molar-refractivity contribution is 6.05. The topological polar surface area (TPSA) is 33.2 Å². The molecule has 0 aliphatic rings. The fourth-order valence-corrected chi connectivity index (χ4v) is 2.57. The van der Waals surface area contributed by atoms with Crippen LogP contribution in [0.4, 0.5) is 5.82 Å². The van der Waals surface area contributed by atoms with Crippen LogP contribution < -0.4 is 4.90 Å². The van der Waals surface area contributed by atoms with Crippen LogP contribution in [0.3, 0.4) is 0 Å². The number of benzene rings is 2. The molecule has 0 unspecified atom stereocenters. The molecule has 3 aromatic rings. The van der Waals surface area contributed by atoms with E-state index in [4.69, 9.17) is 0 Å². The number of nitrogens with zero attached hydrogens (tertiary/aromatic N) is 2. The van der Waals surface area contributed by atoms with Gasteiger partial charge in [0.1, 0.15) is 5.82 Å². The molecule has 0 radical (unpaired) electrons. The lowest BCUT2D eigenvalue weighted by molar-refractivity contribution is 0.0984. The molecule has 1 amide bonds. The second kappa shape index (κ2) is 7.09. The lowest BCUT2D eigenvalue weighted by Crippen LogP contribution is -2.31. The summed E-state index contributed by atoms with van der Waals surface area (Å²) in [6, 6.07) is 21.4. The van der Waals surface area contributed by atoms with E-state index in [-0.39, 0.29) is 5.91 Å². The quantitative estimate of drug-likeness (QED) is 0.707. The molecule has 0 aliphatic heterocycles. The summed E-state index contributed by atoms with van der Waals surface area (Å²) in [7, 11) is 0. The number of carbonyl (C=O) groups excluding carboxylic acids is 1. The number of amides is 1. The molecule has 120 valence electrons. The SMILES string of the molecule is Cc1ccc(C(=O)N(Cc2ccccc2)c2ccccn2)cc1C. The van der Waals surface area contributed by atoms with Crippen LogP contribution in [-0.2, 0) is 6.54 Å². The third-order valence-electron chi connectivity index (χ3n) is 4.11. The maximum absolute atomic E-state index is 13.1. The second-order valence-electron chi connectivity index (χ2n) is 5.86. The largest absolute Gasteiger partial charge is 0.288 e. The van der Waals surface area contributed by atoms with Gasteiger partial charge in [-0.15, -0.1) is 0 Å². The van der Waals surface area contributed by atoms with Crippen molar-refractivity contribution in [2.45, 2.75) is 20.4 Å². The molecule has 0 N–H and O–H groups in total. The Morgan fingerprint density at radius 1 is 0.917 bits per heavy atom. The van der Waals surface area contributed by atoms with Crippen LogP contribution in [0.5, 0.6) is 0 Å². The zero-order valence-corrected chi connectivity index (χ0v) is 13.9. The fraction of sp³-hybridized carbons (Fsp3) is 0.143. The standard InChI is InChI=1S/C21H20N2O/c1-16-11-12-19(14-17(16)2)21(24)23(20-10-6-7-13-22-20)15-18-8-4-3-5-9-18/h3-14H,15H2,1-2H3. The zero-order chi connectivity index (χ0) is 16.9. The summed E-state index contributed by atoms with van der Waals surface area (Å²) in [5.74, 6) is 0.616. The number of rotatable bonds is 4. The number of hydrogen-bond acceptors (Lipinski definition) is 2. The summed E-state index contributed by atoms with van der Waals surface area (Å²) in [6.07, 6.45) is 1.71. The third-order valence-corrected chi connectivity index (χ3v) is 4.11. The molecule has 0 spiro atoms. The van der Waals surface area contributed by atoms with E-state index in [2.05, 4.69) is 4.98 Å². The molecule has 3 rings (SSSR count). The summed E-state index contributed by atoms with van der Waals surface area (Å²) in [6.45, 7) is 4.56. The van der Waals surface area contributed by atoms with Gasteiger partial charge in [0.15, 0.2) is 0 Å². The third kappa shape index (κ3) is 3.51. The monoisotopic (exact) mass is 316 g/mol. The minimum Gasteiger partial charge on any atom is -0.288 e. The van der Waals surface area contributed by atoms with E-state index in [0.29, 0.717) is 17.9 Å². The Bertz CT molecular complexity index is 829. The van der Waals surface area contributed by atoms with Crippen molar-refractivity contribution in [2.24, 2.45) is 0 Å². The van der Waals surface area contributed by atoms with Gasteiger partial charge in [-0.3, -0.25) is 9.69 Å². The number of hydrogen-bond donors (Lipinski definition) is 0. The van der Waals surface area contributed by atoms with Crippen molar-refractivity contribution in [3.63, 3.8) is 0 Å². The normalized spacial score (nSPS) is 10.4. The molecular weight excluding hydrogens is 296 g/mol. The fourth-order valence-electron chi connectivity index (χ4n) is 2.57. The Morgan fingerprint density at radius 3 is 2.33 bits per heavy atom. The first-order valence-corrected chi connectivity index (χ1v) is 7.99. The van der Waals surface area contributed by atoms with Gasteiger partial charge in [-0.1, -0.05) is 42.5 Å². The van der Waals surface area contributed by atoms with E-state index in [1.54, 1.807) is 11.1 Å². The summed E-state index contributed by atoms with van der Waals surface area (Å²) in [4.78, 5) is 19.2. The average molecular weight is 316 g/mol. The summed E-state index contributed by atoms with van der Waals surface area (Å²) in [5, 5.41) is 0. The Labute approximate surface area is 142 Å². The highest BCUT2D eigenvalue weighted by Crippen LogP contribution is 2.19. The van der Waals surface area contributed by atoms with Crippen molar-refractivity contribution in [2.75, 3.05) is 4.90 Å². The molecule has 3 heteroatoms. The first kappa shape index (κ1) is 15.9. The van der Waals surface area contributed by atoms with Crippen molar-refractivity contribution in [1.82, 2.24) is 4.98 Å². The Hall–Kier alpha value is -2.94. The van der Waals surface area contributed by atoms with Gasteiger partial charge < -0.3 is 0 Å². The lowest BCUT2D eigenvalue weighted by Gasteiger charge is -2.22. The van der Waals surface area contributed by atoms with E-state index in [9.17, 15) is 4.79 Å². The van der Waals surface area contributed by atoms with Gasteiger partial charge in [0.25, 0.3) is 5.91 Å². The van der Waals surface area contributed by atoms with Gasteiger partial charge in [0, 0.05) is 11.8 Å². The van der Waals surface area contributed by atoms with Gasteiger partial charge in [-0.25, -0.2) is 4.98 Å². The number of aromatic nitrogens is 1. The number of pyridine rings is 1. The molecule has 0 saturated carbocycles. The molecule has 0 bridgehead atoms. The van der Waals surface area contributed by atoms with E-state index < -0.39 is 0 Å². The van der Waals surface area contributed by atoms with Gasteiger partial charge in [0.05, 0.1) is 6.54 Å². The molecule has 1 heterocycles. The highest BCUT2D eigenvalue weighted by Gasteiger charge is 2.19. The molecule has 0 fully saturated rings. The van der Waals surface area contributed by atoms with Crippen LogP contribution >= 0.6 is 0 Å². The summed E-state index contributed by atoms with van der Waals surface area (Å²) in [5.41, 5.74) is 4.04. The van der Waals surface area contributed by atoms with E-state index in [1.807, 2.05) is 80.6 Å². The predicted molar refractivity (Wildman–Crippen MR) is 97.1 cm³/mol. The van der Waals surface area contributed by atoms with Gasteiger partial charge in [-0.2, -0.15) is 0 Å². The van der Waals surface area contributed by atoms with Crippen LogP contribution in [0.2, 0.25) is 0 Å². The van der Waals surface area contributed by atoms with Gasteiger partial charge in [0.2, 0.25) is 0 Å². The van der Waals surface area contributed by atoms with E-state index >= 15 is 0 Å². The van der Waals surface area contributed by atoms with Gasteiger partial charge >= 0.3 is 0 Å². The second-order valence-corrected chi connectivity index (χ2v) is 5.86. The van der Waals surface area contributed by atoms with E-state index in [1.165, 1.54) is 5.56 Å². The first-order chi connectivity index (χ1) is 11.6.